The third-order valence-electron chi connectivity index (χ3n) is 3.74. The molecule has 3 heteroatoms. The number of benzene rings is 1. The third-order valence-corrected chi connectivity index (χ3v) is 3.74. The quantitative estimate of drug-likeness (QED) is 0.905. The molecule has 0 aliphatic heterocycles. The van der Waals surface area contributed by atoms with Crippen molar-refractivity contribution in [2.24, 2.45) is 7.05 Å². The van der Waals surface area contributed by atoms with E-state index < -0.39 is 0 Å². The van der Waals surface area contributed by atoms with Crippen LogP contribution < -0.4 is 5.32 Å². The van der Waals surface area contributed by atoms with E-state index in [2.05, 4.69) is 68.6 Å². The maximum Gasteiger partial charge on any atom is 0.0610 e. The number of nitrogens with zero attached hydrogens (tertiary/aromatic N) is 2. The molecule has 0 saturated carbocycles. The summed E-state index contributed by atoms with van der Waals surface area (Å²) in [5.74, 6) is 0. The molecular weight excluding hydrogens is 258 g/mol. The summed E-state index contributed by atoms with van der Waals surface area (Å²) in [5.41, 5.74) is 4.10. The standard InChI is InChI=1S/C18H27N3/c1-6-11-19-17(14-12-20-21(5)13-14)15-9-7-8-10-16(15)18(2,3)4/h7-10,12-13,17,19H,6,11H2,1-5H3. The number of hydrogen-bond donors (Lipinski definition) is 1. The van der Waals surface area contributed by atoms with Crippen molar-refractivity contribution >= 4 is 0 Å². The molecule has 1 heterocycles. The smallest absolute Gasteiger partial charge is 0.0610 e. The monoisotopic (exact) mass is 285 g/mol. The molecule has 1 atom stereocenters. The van der Waals surface area contributed by atoms with E-state index in [1.807, 2.05) is 17.9 Å². The number of aromatic nitrogens is 2. The summed E-state index contributed by atoms with van der Waals surface area (Å²) in [4.78, 5) is 0. The van der Waals surface area contributed by atoms with Gasteiger partial charge in [-0.15, -0.1) is 0 Å². The number of rotatable bonds is 5. The van der Waals surface area contributed by atoms with Crippen molar-refractivity contribution in [3.63, 3.8) is 0 Å². The number of hydrogen-bond acceptors (Lipinski definition) is 2. The fourth-order valence-corrected chi connectivity index (χ4v) is 2.72. The van der Waals surface area contributed by atoms with Gasteiger partial charge in [-0.1, -0.05) is 52.0 Å². The summed E-state index contributed by atoms with van der Waals surface area (Å²) in [6.07, 6.45) is 5.19. The van der Waals surface area contributed by atoms with Gasteiger partial charge in [0, 0.05) is 18.8 Å². The average Bonchev–Trinajstić information content (AvgIpc) is 2.85. The number of aryl methyl sites for hydroxylation is 1. The van der Waals surface area contributed by atoms with Crippen LogP contribution in [0.5, 0.6) is 0 Å². The molecule has 1 unspecified atom stereocenters. The second kappa shape index (κ2) is 6.44. The van der Waals surface area contributed by atoms with Crippen molar-refractivity contribution in [1.29, 1.82) is 0 Å². The third kappa shape index (κ3) is 3.73. The molecule has 0 fully saturated rings. The van der Waals surface area contributed by atoms with E-state index in [0.29, 0.717) is 0 Å². The highest BCUT2D eigenvalue weighted by molar-refractivity contribution is 5.39. The Morgan fingerprint density at radius 1 is 1.24 bits per heavy atom. The van der Waals surface area contributed by atoms with Crippen LogP contribution in [0.3, 0.4) is 0 Å². The number of nitrogens with one attached hydrogen (secondary N) is 1. The van der Waals surface area contributed by atoms with Crippen LogP contribution in [0, 0.1) is 0 Å². The van der Waals surface area contributed by atoms with E-state index in [0.717, 1.165) is 13.0 Å². The van der Waals surface area contributed by atoms with Crippen molar-refractivity contribution < 1.29 is 0 Å². The molecule has 0 aliphatic carbocycles. The fraction of sp³-hybridized carbons (Fsp3) is 0.500. The van der Waals surface area contributed by atoms with Crippen LogP contribution in [-0.4, -0.2) is 16.3 Å². The highest BCUT2D eigenvalue weighted by Crippen LogP contribution is 2.32. The first-order chi connectivity index (χ1) is 9.93. The van der Waals surface area contributed by atoms with Crippen LogP contribution in [0.4, 0.5) is 0 Å². The minimum absolute atomic E-state index is 0.130. The molecule has 0 bridgehead atoms. The van der Waals surface area contributed by atoms with Gasteiger partial charge >= 0.3 is 0 Å². The normalized spacial score (nSPS) is 13.4. The first-order valence-electron chi connectivity index (χ1n) is 7.74. The van der Waals surface area contributed by atoms with Gasteiger partial charge in [-0.3, -0.25) is 4.68 Å². The molecule has 0 aliphatic rings. The van der Waals surface area contributed by atoms with Crippen LogP contribution in [0.1, 0.15) is 56.8 Å². The first-order valence-corrected chi connectivity index (χ1v) is 7.74. The zero-order valence-electron chi connectivity index (χ0n) is 13.9. The topological polar surface area (TPSA) is 29.9 Å². The predicted molar refractivity (Wildman–Crippen MR) is 88.5 cm³/mol. The van der Waals surface area contributed by atoms with Crippen molar-refractivity contribution in [1.82, 2.24) is 15.1 Å². The molecule has 1 aromatic carbocycles. The Morgan fingerprint density at radius 2 is 1.95 bits per heavy atom. The van der Waals surface area contributed by atoms with Crippen LogP contribution >= 0.6 is 0 Å². The zero-order chi connectivity index (χ0) is 15.5. The van der Waals surface area contributed by atoms with Gasteiger partial charge in [0.15, 0.2) is 0 Å². The SMILES string of the molecule is CCCNC(c1cnn(C)c1)c1ccccc1C(C)(C)C. The summed E-state index contributed by atoms with van der Waals surface area (Å²) in [5, 5.41) is 8.01. The van der Waals surface area contributed by atoms with Gasteiger partial charge in [0.2, 0.25) is 0 Å². The summed E-state index contributed by atoms with van der Waals surface area (Å²) >= 11 is 0. The lowest BCUT2D eigenvalue weighted by Gasteiger charge is -2.27. The summed E-state index contributed by atoms with van der Waals surface area (Å²) in [6.45, 7) is 10.0. The van der Waals surface area contributed by atoms with Crippen molar-refractivity contribution in [3.05, 3.63) is 53.3 Å². The molecule has 1 N–H and O–H groups in total. The van der Waals surface area contributed by atoms with Gasteiger partial charge in [0.1, 0.15) is 0 Å². The Morgan fingerprint density at radius 3 is 2.52 bits per heavy atom. The molecule has 0 spiro atoms. The zero-order valence-corrected chi connectivity index (χ0v) is 13.9. The summed E-state index contributed by atoms with van der Waals surface area (Å²) in [7, 11) is 1.97. The molecule has 0 amide bonds. The van der Waals surface area contributed by atoms with Gasteiger partial charge in [0.25, 0.3) is 0 Å². The summed E-state index contributed by atoms with van der Waals surface area (Å²) < 4.78 is 1.87. The summed E-state index contributed by atoms with van der Waals surface area (Å²) in [6, 6.07) is 8.94. The molecule has 2 aromatic rings. The van der Waals surface area contributed by atoms with E-state index in [4.69, 9.17) is 0 Å². The van der Waals surface area contributed by atoms with Crippen molar-refractivity contribution in [2.45, 2.75) is 45.6 Å². The van der Waals surface area contributed by atoms with E-state index in [-0.39, 0.29) is 11.5 Å². The van der Waals surface area contributed by atoms with Crippen LogP contribution in [0.15, 0.2) is 36.7 Å². The second-order valence-corrected chi connectivity index (χ2v) is 6.67. The lowest BCUT2D eigenvalue weighted by atomic mass is 9.81. The lowest BCUT2D eigenvalue weighted by molar-refractivity contribution is 0.548. The van der Waals surface area contributed by atoms with Crippen molar-refractivity contribution in [3.8, 4) is 0 Å². The van der Waals surface area contributed by atoms with E-state index >= 15 is 0 Å². The Balaban J connectivity index is 2.46. The molecule has 0 saturated heterocycles. The Bertz CT molecular complexity index is 578. The molecule has 2 rings (SSSR count). The maximum absolute atomic E-state index is 4.34. The predicted octanol–water partition coefficient (Wildman–Crippen LogP) is 3.81. The van der Waals surface area contributed by atoms with Crippen LogP contribution in [0.25, 0.3) is 0 Å². The molecule has 114 valence electrons. The molecular formula is C18H27N3. The van der Waals surface area contributed by atoms with Crippen LogP contribution in [0.2, 0.25) is 0 Å². The minimum atomic E-state index is 0.130. The van der Waals surface area contributed by atoms with E-state index in [1.165, 1.54) is 16.7 Å². The van der Waals surface area contributed by atoms with E-state index in [9.17, 15) is 0 Å². The largest absolute Gasteiger partial charge is 0.306 e. The van der Waals surface area contributed by atoms with Gasteiger partial charge in [-0.05, 0) is 29.5 Å². The van der Waals surface area contributed by atoms with E-state index in [1.54, 1.807) is 0 Å². The van der Waals surface area contributed by atoms with Crippen LogP contribution in [-0.2, 0) is 12.5 Å². The molecule has 21 heavy (non-hydrogen) atoms. The van der Waals surface area contributed by atoms with Gasteiger partial charge in [-0.2, -0.15) is 5.10 Å². The van der Waals surface area contributed by atoms with Gasteiger partial charge in [-0.25, -0.2) is 0 Å². The lowest BCUT2D eigenvalue weighted by Crippen LogP contribution is -2.26. The van der Waals surface area contributed by atoms with Gasteiger partial charge in [0.05, 0.1) is 12.2 Å². The van der Waals surface area contributed by atoms with Gasteiger partial charge < -0.3 is 5.32 Å². The Kier molecular flexibility index (Phi) is 4.84. The minimum Gasteiger partial charge on any atom is -0.306 e. The molecule has 0 radical (unpaired) electrons. The Hall–Kier alpha value is -1.61. The molecule has 1 aromatic heterocycles. The fourth-order valence-electron chi connectivity index (χ4n) is 2.72. The Labute approximate surface area is 128 Å². The molecule has 3 nitrogen and oxygen atoms in total. The highest BCUT2D eigenvalue weighted by Gasteiger charge is 2.23. The average molecular weight is 285 g/mol. The highest BCUT2D eigenvalue weighted by atomic mass is 15.2. The van der Waals surface area contributed by atoms with Crippen molar-refractivity contribution in [2.75, 3.05) is 6.54 Å². The first kappa shape index (κ1) is 15.8. The maximum atomic E-state index is 4.34. The second-order valence-electron chi connectivity index (χ2n) is 6.67.